The summed E-state index contributed by atoms with van der Waals surface area (Å²) in [6, 6.07) is 9.58. The Balaban J connectivity index is 1.96. The summed E-state index contributed by atoms with van der Waals surface area (Å²) in [5.41, 5.74) is 1.05. The number of carbonyl (C=O) groups is 1. The average molecular weight is 426 g/mol. The number of rotatable bonds is 9. The van der Waals surface area contributed by atoms with Crippen LogP contribution in [-0.4, -0.2) is 25.8 Å². The van der Waals surface area contributed by atoms with E-state index in [1.165, 1.54) is 12.1 Å². The third-order valence-electron chi connectivity index (χ3n) is 4.54. The Bertz CT molecular complexity index is 1100. The van der Waals surface area contributed by atoms with Crippen LogP contribution >= 0.6 is 0 Å². The van der Waals surface area contributed by atoms with Crippen LogP contribution in [-0.2, 0) is 6.42 Å². The molecule has 0 aliphatic heterocycles. The zero-order chi connectivity index (χ0) is 22.4. The van der Waals surface area contributed by atoms with Gasteiger partial charge in [-0.1, -0.05) is 6.92 Å². The minimum absolute atomic E-state index is 0.249. The number of carbonyl (C=O) groups excluding carboxylic acids is 1. The zero-order valence-corrected chi connectivity index (χ0v) is 18.2. The lowest BCUT2D eigenvalue weighted by atomic mass is 10.1. The van der Waals surface area contributed by atoms with Crippen molar-refractivity contribution in [2.45, 2.75) is 34.1 Å². The van der Waals surface area contributed by atoms with Crippen molar-refractivity contribution < 1.29 is 28.2 Å². The van der Waals surface area contributed by atoms with Gasteiger partial charge < -0.3 is 23.4 Å². The molecule has 1 heterocycles. The standard InChI is InChI=1S/C24H26O7/c1-5-15-13-22(25)31-19-14-17(9-10-18(15)19)30-24(26)16-11-20(27-6-2)23(29-8-4)21(12-16)28-7-3/h9-14H,5-8H2,1-4H3. The van der Waals surface area contributed by atoms with Gasteiger partial charge in [0.25, 0.3) is 0 Å². The van der Waals surface area contributed by atoms with Crippen molar-refractivity contribution in [1.29, 1.82) is 0 Å². The number of esters is 1. The summed E-state index contributed by atoms with van der Waals surface area (Å²) >= 11 is 0. The molecule has 0 saturated carbocycles. The van der Waals surface area contributed by atoms with Crippen LogP contribution < -0.4 is 24.6 Å². The van der Waals surface area contributed by atoms with Gasteiger partial charge in [-0.2, -0.15) is 0 Å². The van der Waals surface area contributed by atoms with Gasteiger partial charge in [0.15, 0.2) is 11.5 Å². The van der Waals surface area contributed by atoms with Crippen LogP contribution in [0.4, 0.5) is 0 Å². The predicted molar refractivity (Wildman–Crippen MR) is 117 cm³/mol. The second-order valence-electron chi connectivity index (χ2n) is 6.59. The first-order valence-corrected chi connectivity index (χ1v) is 10.4. The van der Waals surface area contributed by atoms with Gasteiger partial charge in [0, 0.05) is 17.5 Å². The van der Waals surface area contributed by atoms with E-state index in [2.05, 4.69) is 0 Å². The van der Waals surface area contributed by atoms with E-state index in [1.54, 1.807) is 24.3 Å². The molecule has 0 amide bonds. The fraction of sp³-hybridized carbons (Fsp3) is 0.333. The van der Waals surface area contributed by atoms with E-state index in [9.17, 15) is 9.59 Å². The zero-order valence-electron chi connectivity index (χ0n) is 18.2. The van der Waals surface area contributed by atoms with Crippen molar-refractivity contribution in [3.05, 3.63) is 57.9 Å². The quantitative estimate of drug-likeness (QED) is 0.277. The van der Waals surface area contributed by atoms with Crippen molar-refractivity contribution in [3.63, 3.8) is 0 Å². The molecule has 0 aliphatic rings. The Morgan fingerprint density at radius 2 is 1.52 bits per heavy atom. The summed E-state index contributed by atoms with van der Waals surface area (Å²) in [6.07, 6.45) is 0.688. The fourth-order valence-corrected chi connectivity index (χ4v) is 3.24. The van der Waals surface area contributed by atoms with Gasteiger partial charge in [-0.05, 0) is 57.0 Å². The maximum Gasteiger partial charge on any atom is 0.343 e. The Labute approximate surface area is 180 Å². The Morgan fingerprint density at radius 1 is 0.871 bits per heavy atom. The first-order valence-electron chi connectivity index (χ1n) is 10.4. The second-order valence-corrected chi connectivity index (χ2v) is 6.59. The fourth-order valence-electron chi connectivity index (χ4n) is 3.24. The van der Waals surface area contributed by atoms with Crippen LogP contribution in [0.3, 0.4) is 0 Å². The Hall–Kier alpha value is -3.48. The van der Waals surface area contributed by atoms with Gasteiger partial charge in [0.2, 0.25) is 5.75 Å². The van der Waals surface area contributed by atoms with E-state index in [4.69, 9.17) is 23.4 Å². The molecule has 0 saturated heterocycles. The molecule has 164 valence electrons. The molecule has 0 fully saturated rings. The number of hydrogen-bond acceptors (Lipinski definition) is 7. The van der Waals surface area contributed by atoms with Crippen LogP contribution in [0.2, 0.25) is 0 Å². The highest BCUT2D eigenvalue weighted by Crippen LogP contribution is 2.39. The molecule has 1 aromatic heterocycles. The molecule has 0 spiro atoms. The molecular weight excluding hydrogens is 400 g/mol. The maximum absolute atomic E-state index is 12.9. The molecule has 31 heavy (non-hydrogen) atoms. The van der Waals surface area contributed by atoms with E-state index in [0.29, 0.717) is 49.1 Å². The minimum atomic E-state index is -0.599. The molecule has 7 nitrogen and oxygen atoms in total. The molecule has 3 rings (SSSR count). The van der Waals surface area contributed by atoms with E-state index >= 15 is 0 Å². The third kappa shape index (κ3) is 4.99. The summed E-state index contributed by atoms with van der Waals surface area (Å²) in [6.45, 7) is 8.71. The molecule has 0 radical (unpaired) electrons. The largest absolute Gasteiger partial charge is 0.490 e. The van der Waals surface area contributed by atoms with Crippen molar-refractivity contribution >= 4 is 16.9 Å². The monoisotopic (exact) mass is 426 g/mol. The Morgan fingerprint density at radius 3 is 2.10 bits per heavy atom. The van der Waals surface area contributed by atoms with Gasteiger partial charge in [-0.3, -0.25) is 0 Å². The topological polar surface area (TPSA) is 84.2 Å². The van der Waals surface area contributed by atoms with E-state index < -0.39 is 11.6 Å². The number of benzene rings is 2. The van der Waals surface area contributed by atoms with Crippen LogP contribution in [0.15, 0.2) is 45.6 Å². The molecule has 0 bridgehead atoms. The predicted octanol–water partition coefficient (Wildman–Crippen LogP) is 4.77. The van der Waals surface area contributed by atoms with Gasteiger partial charge in [0.1, 0.15) is 11.3 Å². The third-order valence-corrected chi connectivity index (χ3v) is 4.54. The van der Waals surface area contributed by atoms with Crippen molar-refractivity contribution in [2.24, 2.45) is 0 Å². The van der Waals surface area contributed by atoms with Crippen LogP contribution in [0.25, 0.3) is 11.0 Å². The lowest BCUT2D eigenvalue weighted by molar-refractivity contribution is 0.0733. The van der Waals surface area contributed by atoms with E-state index in [1.807, 2.05) is 27.7 Å². The number of hydrogen-bond donors (Lipinski definition) is 0. The summed E-state index contributed by atoms with van der Waals surface area (Å²) in [5.74, 6) is 0.915. The summed E-state index contributed by atoms with van der Waals surface area (Å²) < 4.78 is 27.8. The molecule has 7 heteroatoms. The van der Waals surface area contributed by atoms with E-state index in [-0.39, 0.29) is 11.3 Å². The molecule has 2 aromatic carbocycles. The first kappa shape index (κ1) is 22.2. The van der Waals surface area contributed by atoms with Gasteiger partial charge in [-0.25, -0.2) is 9.59 Å². The number of fused-ring (bicyclic) bond motifs is 1. The van der Waals surface area contributed by atoms with E-state index in [0.717, 1.165) is 10.9 Å². The van der Waals surface area contributed by atoms with Crippen LogP contribution in [0.5, 0.6) is 23.0 Å². The molecule has 0 unspecified atom stereocenters. The summed E-state index contributed by atoms with van der Waals surface area (Å²) in [4.78, 5) is 24.6. The van der Waals surface area contributed by atoms with Gasteiger partial charge in [0.05, 0.1) is 25.4 Å². The normalized spacial score (nSPS) is 10.7. The second kappa shape index (κ2) is 10.0. The maximum atomic E-state index is 12.9. The molecule has 0 aliphatic carbocycles. The summed E-state index contributed by atoms with van der Waals surface area (Å²) in [7, 11) is 0. The molecule has 3 aromatic rings. The minimum Gasteiger partial charge on any atom is -0.490 e. The Kier molecular flexibility index (Phi) is 7.18. The highest BCUT2D eigenvalue weighted by atomic mass is 16.5. The lowest BCUT2D eigenvalue weighted by Gasteiger charge is -2.16. The smallest absolute Gasteiger partial charge is 0.343 e. The van der Waals surface area contributed by atoms with Crippen molar-refractivity contribution in [3.8, 4) is 23.0 Å². The first-order chi connectivity index (χ1) is 15.0. The number of ether oxygens (including phenoxy) is 4. The molecular formula is C24H26O7. The highest BCUT2D eigenvalue weighted by molar-refractivity contribution is 5.93. The SMILES string of the molecule is CCOc1cc(C(=O)Oc2ccc3c(CC)cc(=O)oc3c2)cc(OCC)c1OCC. The van der Waals surface area contributed by atoms with Crippen LogP contribution in [0.1, 0.15) is 43.6 Å². The van der Waals surface area contributed by atoms with Crippen molar-refractivity contribution in [2.75, 3.05) is 19.8 Å². The summed E-state index contributed by atoms with van der Waals surface area (Å²) in [5, 5.41) is 0.806. The van der Waals surface area contributed by atoms with Gasteiger partial charge >= 0.3 is 11.6 Å². The van der Waals surface area contributed by atoms with Crippen LogP contribution in [0, 0.1) is 0 Å². The molecule has 0 N–H and O–H groups in total. The molecule has 0 atom stereocenters. The average Bonchev–Trinajstić information content (AvgIpc) is 2.75. The lowest BCUT2D eigenvalue weighted by Crippen LogP contribution is -2.11. The number of aryl methyl sites for hydroxylation is 1. The highest BCUT2D eigenvalue weighted by Gasteiger charge is 2.20. The van der Waals surface area contributed by atoms with Gasteiger partial charge in [-0.15, -0.1) is 0 Å². The van der Waals surface area contributed by atoms with Crippen molar-refractivity contribution in [1.82, 2.24) is 0 Å².